The number of nitrogens with zero attached hydrogens (tertiary/aromatic N) is 4. The second-order valence-corrected chi connectivity index (χ2v) is 7.99. The Morgan fingerprint density at radius 3 is 2.86 bits per heavy atom. The van der Waals surface area contributed by atoms with Crippen molar-refractivity contribution in [3.8, 4) is 11.5 Å². The van der Waals surface area contributed by atoms with Crippen molar-refractivity contribution < 1.29 is 13.9 Å². The molecule has 2 aromatic rings. The highest BCUT2D eigenvalue weighted by Gasteiger charge is 2.41. The number of ether oxygens (including phenoxy) is 1. The zero-order chi connectivity index (χ0) is 19.4. The lowest BCUT2D eigenvalue weighted by Crippen LogP contribution is -2.54. The van der Waals surface area contributed by atoms with Gasteiger partial charge in [-0.3, -0.25) is 9.69 Å². The number of aromatic nitrogens is 2. The molecule has 0 aliphatic carbocycles. The van der Waals surface area contributed by atoms with Crippen molar-refractivity contribution >= 4 is 5.91 Å². The Morgan fingerprint density at radius 2 is 2.04 bits per heavy atom. The van der Waals surface area contributed by atoms with E-state index < -0.39 is 0 Å². The van der Waals surface area contributed by atoms with Gasteiger partial charge in [0.25, 0.3) is 0 Å². The highest BCUT2D eigenvalue weighted by Crippen LogP contribution is 2.39. The second kappa shape index (κ2) is 8.41. The van der Waals surface area contributed by atoms with Gasteiger partial charge < -0.3 is 14.1 Å². The predicted molar refractivity (Wildman–Crippen MR) is 104 cm³/mol. The SMILES string of the molecule is COCCN1C[C@@]2(CCCN(Cc3nnc(-c4ccccc4)o3)C2)CCC1=O. The molecule has 1 amide bonds. The Bertz CT molecular complexity index is 794. The van der Waals surface area contributed by atoms with E-state index in [4.69, 9.17) is 9.15 Å². The van der Waals surface area contributed by atoms with Crippen molar-refractivity contribution in [3.63, 3.8) is 0 Å². The first kappa shape index (κ1) is 19.1. The maximum atomic E-state index is 12.3. The lowest BCUT2D eigenvalue weighted by atomic mass is 9.73. The highest BCUT2D eigenvalue weighted by atomic mass is 16.5. The van der Waals surface area contributed by atoms with Crippen LogP contribution in [0.1, 0.15) is 31.6 Å². The first-order chi connectivity index (χ1) is 13.7. The summed E-state index contributed by atoms with van der Waals surface area (Å²) in [5, 5.41) is 8.45. The number of amides is 1. The van der Waals surface area contributed by atoms with Crippen LogP contribution in [0.3, 0.4) is 0 Å². The lowest BCUT2D eigenvalue weighted by molar-refractivity contribution is -0.140. The van der Waals surface area contributed by atoms with Gasteiger partial charge in [0.05, 0.1) is 13.2 Å². The molecule has 1 aromatic heterocycles. The molecule has 0 N–H and O–H groups in total. The summed E-state index contributed by atoms with van der Waals surface area (Å²) in [4.78, 5) is 16.6. The van der Waals surface area contributed by atoms with Crippen LogP contribution in [-0.2, 0) is 16.1 Å². The van der Waals surface area contributed by atoms with E-state index in [0.29, 0.717) is 37.9 Å². The lowest BCUT2D eigenvalue weighted by Gasteiger charge is -2.48. The Labute approximate surface area is 165 Å². The van der Waals surface area contributed by atoms with Crippen LogP contribution in [0.15, 0.2) is 34.7 Å². The maximum Gasteiger partial charge on any atom is 0.247 e. The van der Waals surface area contributed by atoms with Crippen LogP contribution in [0.25, 0.3) is 11.5 Å². The minimum absolute atomic E-state index is 0.169. The summed E-state index contributed by atoms with van der Waals surface area (Å²) in [5.74, 6) is 1.47. The predicted octanol–water partition coefficient (Wildman–Crippen LogP) is 2.59. The van der Waals surface area contributed by atoms with Crippen LogP contribution in [0.4, 0.5) is 0 Å². The van der Waals surface area contributed by atoms with Crippen LogP contribution >= 0.6 is 0 Å². The summed E-state index contributed by atoms with van der Waals surface area (Å²) >= 11 is 0. The largest absolute Gasteiger partial charge is 0.419 e. The van der Waals surface area contributed by atoms with Gasteiger partial charge in [-0.25, -0.2) is 0 Å². The summed E-state index contributed by atoms with van der Waals surface area (Å²) in [6.07, 6.45) is 3.90. The van der Waals surface area contributed by atoms with E-state index in [2.05, 4.69) is 15.1 Å². The van der Waals surface area contributed by atoms with Gasteiger partial charge in [-0.05, 0) is 37.9 Å². The molecule has 2 saturated heterocycles. The third kappa shape index (κ3) is 4.25. The van der Waals surface area contributed by atoms with Crippen LogP contribution < -0.4 is 0 Å². The summed E-state index contributed by atoms with van der Waals surface area (Å²) in [5.41, 5.74) is 1.11. The molecule has 0 radical (unpaired) electrons. The number of benzene rings is 1. The topological polar surface area (TPSA) is 71.7 Å². The number of methoxy groups -OCH3 is 1. The fraction of sp³-hybridized carbons (Fsp3) is 0.571. The molecule has 150 valence electrons. The van der Waals surface area contributed by atoms with E-state index in [9.17, 15) is 4.79 Å². The number of carbonyl (C=O) groups excluding carboxylic acids is 1. The number of hydrogen-bond acceptors (Lipinski definition) is 6. The summed E-state index contributed by atoms with van der Waals surface area (Å²) < 4.78 is 11.1. The van der Waals surface area contributed by atoms with E-state index in [1.54, 1.807) is 7.11 Å². The van der Waals surface area contributed by atoms with Crippen molar-refractivity contribution in [2.75, 3.05) is 39.9 Å². The summed E-state index contributed by atoms with van der Waals surface area (Å²) in [6.45, 7) is 4.75. The molecule has 28 heavy (non-hydrogen) atoms. The van der Waals surface area contributed by atoms with Crippen LogP contribution in [0.2, 0.25) is 0 Å². The molecule has 4 rings (SSSR count). The third-order valence-corrected chi connectivity index (χ3v) is 5.90. The standard InChI is InChI=1S/C21H28N4O3/c1-27-13-12-25-16-21(10-8-19(25)26)9-5-11-24(15-21)14-18-22-23-20(28-18)17-6-3-2-4-7-17/h2-4,6-7H,5,8-16H2,1H3/t21-/m0/s1. The minimum Gasteiger partial charge on any atom is -0.419 e. The quantitative estimate of drug-likeness (QED) is 0.762. The summed E-state index contributed by atoms with van der Waals surface area (Å²) in [7, 11) is 1.68. The zero-order valence-corrected chi connectivity index (χ0v) is 16.5. The summed E-state index contributed by atoms with van der Waals surface area (Å²) in [6, 6.07) is 9.85. The molecule has 2 aliphatic rings. The van der Waals surface area contributed by atoms with E-state index in [1.165, 1.54) is 6.42 Å². The molecule has 2 fully saturated rings. The second-order valence-electron chi connectivity index (χ2n) is 7.99. The molecule has 0 bridgehead atoms. The van der Waals surface area contributed by atoms with E-state index in [0.717, 1.165) is 38.0 Å². The molecule has 0 saturated carbocycles. The number of likely N-dealkylation sites (tertiary alicyclic amines) is 2. The van der Waals surface area contributed by atoms with Gasteiger partial charge in [-0.2, -0.15) is 0 Å². The molecule has 3 heterocycles. The molecule has 1 aromatic carbocycles. The average Bonchev–Trinajstić information content (AvgIpc) is 3.18. The van der Waals surface area contributed by atoms with Gasteiger partial charge >= 0.3 is 0 Å². The van der Waals surface area contributed by atoms with Gasteiger partial charge in [0, 0.05) is 44.1 Å². The molecule has 7 nitrogen and oxygen atoms in total. The van der Waals surface area contributed by atoms with Gasteiger partial charge in [0.2, 0.25) is 17.7 Å². The van der Waals surface area contributed by atoms with Crippen LogP contribution in [-0.4, -0.2) is 65.8 Å². The molecular weight excluding hydrogens is 356 g/mol. The minimum atomic E-state index is 0.169. The van der Waals surface area contributed by atoms with E-state index in [1.807, 2.05) is 35.2 Å². The molecule has 0 unspecified atom stereocenters. The van der Waals surface area contributed by atoms with Crippen molar-refractivity contribution in [2.45, 2.75) is 32.2 Å². The Balaban J connectivity index is 1.40. The molecule has 2 aliphatic heterocycles. The monoisotopic (exact) mass is 384 g/mol. The van der Waals surface area contributed by atoms with E-state index in [-0.39, 0.29) is 11.3 Å². The fourth-order valence-electron chi connectivity index (χ4n) is 4.49. The first-order valence-corrected chi connectivity index (χ1v) is 10.0. The smallest absolute Gasteiger partial charge is 0.247 e. The molecule has 1 atom stereocenters. The highest BCUT2D eigenvalue weighted by molar-refractivity contribution is 5.77. The number of rotatable bonds is 6. The van der Waals surface area contributed by atoms with E-state index >= 15 is 0 Å². The average molecular weight is 384 g/mol. The maximum absolute atomic E-state index is 12.3. The van der Waals surface area contributed by atoms with Crippen molar-refractivity contribution in [1.29, 1.82) is 0 Å². The molecule has 1 spiro atoms. The van der Waals surface area contributed by atoms with Crippen molar-refractivity contribution in [2.24, 2.45) is 5.41 Å². The normalized spacial score (nSPS) is 23.5. The van der Waals surface area contributed by atoms with Gasteiger partial charge in [0.15, 0.2) is 0 Å². The fourth-order valence-corrected chi connectivity index (χ4v) is 4.49. The van der Waals surface area contributed by atoms with Crippen LogP contribution in [0, 0.1) is 5.41 Å². The number of piperidine rings is 2. The first-order valence-electron chi connectivity index (χ1n) is 10.0. The van der Waals surface area contributed by atoms with Crippen molar-refractivity contribution in [3.05, 3.63) is 36.2 Å². The van der Waals surface area contributed by atoms with Gasteiger partial charge in [-0.1, -0.05) is 18.2 Å². The Kier molecular flexibility index (Phi) is 5.73. The number of hydrogen-bond donors (Lipinski definition) is 0. The van der Waals surface area contributed by atoms with Gasteiger partial charge in [0.1, 0.15) is 0 Å². The Morgan fingerprint density at radius 1 is 1.18 bits per heavy atom. The number of carbonyl (C=O) groups is 1. The third-order valence-electron chi connectivity index (χ3n) is 5.90. The molecule has 7 heteroatoms. The van der Waals surface area contributed by atoms with Crippen molar-refractivity contribution in [1.82, 2.24) is 20.0 Å². The van der Waals surface area contributed by atoms with Crippen LogP contribution in [0.5, 0.6) is 0 Å². The zero-order valence-electron chi connectivity index (χ0n) is 16.5. The van der Waals surface area contributed by atoms with Gasteiger partial charge in [-0.15, -0.1) is 10.2 Å². The molecular formula is C21H28N4O3. The Hall–Kier alpha value is -2.25.